The maximum atomic E-state index is 12.5. The molecule has 2 rings (SSSR count). The summed E-state index contributed by atoms with van der Waals surface area (Å²) in [7, 11) is 1.70. The summed E-state index contributed by atoms with van der Waals surface area (Å²) in [6.07, 6.45) is 2.77. The molecule has 0 saturated carbocycles. The van der Waals surface area contributed by atoms with Crippen molar-refractivity contribution in [2.75, 3.05) is 31.9 Å². The summed E-state index contributed by atoms with van der Waals surface area (Å²) in [5, 5.41) is 3.99. The number of carbonyl (C=O) groups excluding carboxylic acids is 2. The van der Waals surface area contributed by atoms with E-state index in [2.05, 4.69) is 5.10 Å². The van der Waals surface area contributed by atoms with E-state index in [1.54, 1.807) is 11.9 Å². The highest BCUT2D eigenvalue weighted by molar-refractivity contribution is 5.97. The fraction of sp³-hybridized carbons (Fsp3) is 0.615. The summed E-state index contributed by atoms with van der Waals surface area (Å²) in [5.74, 6) is 0.0210. The van der Waals surface area contributed by atoms with E-state index < -0.39 is 0 Å². The van der Waals surface area contributed by atoms with E-state index in [1.165, 1.54) is 10.9 Å². The average molecular weight is 279 g/mol. The summed E-state index contributed by atoms with van der Waals surface area (Å²) in [4.78, 5) is 27.8. The van der Waals surface area contributed by atoms with Crippen LogP contribution in [-0.4, -0.2) is 57.6 Å². The first kappa shape index (κ1) is 14.4. The molecule has 110 valence electrons. The van der Waals surface area contributed by atoms with Crippen molar-refractivity contribution in [3.8, 4) is 0 Å². The van der Waals surface area contributed by atoms with Gasteiger partial charge in [-0.05, 0) is 6.42 Å². The Bertz CT molecular complexity index is 491. The lowest BCUT2D eigenvalue weighted by molar-refractivity contribution is -0.130. The van der Waals surface area contributed by atoms with Gasteiger partial charge in [-0.1, -0.05) is 6.92 Å². The molecule has 2 N–H and O–H groups in total. The van der Waals surface area contributed by atoms with Crippen molar-refractivity contribution in [2.45, 2.75) is 19.8 Å². The number of rotatable bonds is 2. The van der Waals surface area contributed by atoms with Crippen molar-refractivity contribution in [1.29, 1.82) is 0 Å². The van der Waals surface area contributed by atoms with E-state index in [0.29, 0.717) is 44.0 Å². The minimum atomic E-state index is -0.117. The molecule has 0 radical (unpaired) electrons. The SMILES string of the molecule is CCC(=O)N1CCCN(C(=O)c2c(N)cnn2C)CC1. The Morgan fingerprint density at radius 3 is 2.50 bits per heavy atom. The topological polar surface area (TPSA) is 84.5 Å². The molecule has 0 unspecified atom stereocenters. The third-order valence-electron chi connectivity index (χ3n) is 3.61. The predicted octanol–water partition coefficient (Wildman–Crippen LogP) is 0.0868. The Hall–Kier alpha value is -2.05. The first-order chi connectivity index (χ1) is 9.54. The number of aryl methyl sites for hydroxylation is 1. The molecule has 0 aromatic carbocycles. The first-order valence-electron chi connectivity index (χ1n) is 6.89. The number of nitrogens with zero attached hydrogens (tertiary/aromatic N) is 4. The molecule has 7 heteroatoms. The van der Waals surface area contributed by atoms with E-state index >= 15 is 0 Å². The van der Waals surface area contributed by atoms with Gasteiger partial charge in [-0.15, -0.1) is 0 Å². The normalized spacial score (nSPS) is 16.1. The van der Waals surface area contributed by atoms with Crippen molar-refractivity contribution < 1.29 is 9.59 Å². The van der Waals surface area contributed by atoms with Crippen LogP contribution < -0.4 is 5.73 Å². The zero-order chi connectivity index (χ0) is 14.7. The number of carbonyl (C=O) groups is 2. The summed E-state index contributed by atoms with van der Waals surface area (Å²) in [5.41, 5.74) is 6.60. The highest BCUT2D eigenvalue weighted by Gasteiger charge is 2.25. The minimum absolute atomic E-state index is 0.117. The van der Waals surface area contributed by atoms with Gasteiger partial charge in [0.25, 0.3) is 5.91 Å². The monoisotopic (exact) mass is 279 g/mol. The Morgan fingerprint density at radius 1 is 1.25 bits per heavy atom. The molecule has 1 aliphatic rings. The van der Waals surface area contributed by atoms with Crippen molar-refractivity contribution in [2.24, 2.45) is 7.05 Å². The van der Waals surface area contributed by atoms with Gasteiger partial charge in [-0.25, -0.2) is 0 Å². The van der Waals surface area contributed by atoms with Gasteiger partial charge in [0.05, 0.1) is 11.9 Å². The smallest absolute Gasteiger partial charge is 0.274 e. The van der Waals surface area contributed by atoms with Crippen LogP contribution in [-0.2, 0) is 11.8 Å². The number of amides is 2. The largest absolute Gasteiger partial charge is 0.396 e. The van der Waals surface area contributed by atoms with E-state index in [0.717, 1.165) is 6.42 Å². The van der Waals surface area contributed by atoms with Crippen molar-refractivity contribution in [3.63, 3.8) is 0 Å². The highest BCUT2D eigenvalue weighted by atomic mass is 16.2. The fourth-order valence-electron chi connectivity index (χ4n) is 2.46. The second-order valence-corrected chi connectivity index (χ2v) is 4.95. The Kier molecular flexibility index (Phi) is 4.26. The predicted molar refractivity (Wildman–Crippen MR) is 75.0 cm³/mol. The quantitative estimate of drug-likeness (QED) is 0.831. The van der Waals surface area contributed by atoms with Gasteiger partial charge in [-0.3, -0.25) is 14.3 Å². The molecular formula is C13H21N5O2. The minimum Gasteiger partial charge on any atom is -0.396 e. The Labute approximate surface area is 118 Å². The van der Waals surface area contributed by atoms with Crippen LogP contribution in [0.5, 0.6) is 0 Å². The molecule has 1 aliphatic heterocycles. The number of anilines is 1. The van der Waals surface area contributed by atoms with Crippen molar-refractivity contribution >= 4 is 17.5 Å². The molecule has 1 saturated heterocycles. The number of hydrogen-bond donors (Lipinski definition) is 1. The Morgan fingerprint density at radius 2 is 1.90 bits per heavy atom. The number of nitrogen functional groups attached to an aromatic ring is 1. The maximum Gasteiger partial charge on any atom is 0.274 e. The lowest BCUT2D eigenvalue weighted by atomic mass is 10.3. The Balaban J connectivity index is 2.07. The zero-order valence-electron chi connectivity index (χ0n) is 12.0. The summed E-state index contributed by atoms with van der Waals surface area (Å²) in [6, 6.07) is 0. The van der Waals surface area contributed by atoms with E-state index in [4.69, 9.17) is 5.73 Å². The lowest BCUT2D eigenvalue weighted by Gasteiger charge is -2.22. The molecule has 7 nitrogen and oxygen atoms in total. The number of nitrogens with two attached hydrogens (primary N) is 1. The number of hydrogen-bond acceptors (Lipinski definition) is 4. The average Bonchev–Trinajstić information content (AvgIpc) is 2.67. The second kappa shape index (κ2) is 5.94. The molecule has 2 heterocycles. The molecular weight excluding hydrogens is 258 g/mol. The molecule has 0 aliphatic carbocycles. The second-order valence-electron chi connectivity index (χ2n) is 4.95. The molecule has 2 amide bonds. The van der Waals surface area contributed by atoms with E-state index in [9.17, 15) is 9.59 Å². The van der Waals surface area contributed by atoms with Gasteiger partial charge in [0.2, 0.25) is 5.91 Å². The highest BCUT2D eigenvalue weighted by Crippen LogP contribution is 2.14. The third kappa shape index (κ3) is 2.76. The van der Waals surface area contributed by atoms with Crippen LogP contribution in [0.15, 0.2) is 6.20 Å². The summed E-state index contributed by atoms with van der Waals surface area (Å²) < 4.78 is 1.50. The fourth-order valence-corrected chi connectivity index (χ4v) is 2.46. The molecule has 1 fully saturated rings. The molecule has 0 atom stereocenters. The number of aromatic nitrogens is 2. The summed E-state index contributed by atoms with van der Waals surface area (Å²) >= 11 is 0. The van der Waals surface area contributed by atoms with Gasteiger partial charge in [0.15, 0.2) is 0 Å². The first-order valence-corrected chi connectivity index (χ1v) is 6.89. The molecule has 1 aromatic heterocycles. The van der Waals surface area contributed by atoms with Gasteiger partial charge in [-0.2, -0.15) is 5.10 Å². The third-order valence-corrected chi connectivity index (χ3v) is 3.61. The maximum absolute atomic E-state index is 12.5. The van der Waals surface area contributed by atoms with Gasteiger partial charge in [0.1, 0.15) is 5.69 Å². The van der Waals surface area contributed by atoms with Crippen LogP contribution >= 0.6 is 0 Å². The molecule has 0 bridgehead atoms. The van der Waals surface area contributed by atoms with Crippen LogP contribution in [0, 0.1) is 0 Å². The lowest BCUT2D eigenvalue weighted by Crippen LogP contribution is -2.38. The van der Waals surface area contributed by atoms with E-state index in [-0.39, 0.29) is 11.8 Å². The van der Waals surface area contributed by atoms with Gasteiger partial charge in [0, 0.05) is 39.6 Å². The van der Waals surface area contributed by atoms with Gasteiger partial charge >= 0.3 is 0 Å². The standard InChI is InChI=1S/C13H21N5O2/c1-3-11(19)17-5-4-6-18(8-7-17)13(20)12-10(14)9-15-16(12)2/h9H,3-8,14H2,1-2H3. The van der Waals surface area contributed by atoms with Crippen LogP contribution in [0.2, 0.25) is 0 Å². The van der Waals surface area contributed by atoms with E-state index in [1.807, 2.05) is 11.8 Å². The van der Waals surface area contributed by atoms with Crippen LogP contribution in [0.4, 0.5) is 5.69 Å². The van der Waals surface area contributed by atoms with Gasteiger partial charge < -0.3 is 15.5 Å². The summed E-state index contributed by atoms with van der Waals surface area (Å²) in [6.45, 7) is 4.31. The van der Waals surface area contributed by atoms with Crippen molar-refractivity contribution in [3.05, 3.63) is 11.9 Å². The zero-order valence-corrected chi connectivity index (χ0v) is 12.0. The van der Waals surface area contributed by atoms with Crippen LogP contribution in [0.3, 0.4) is 0 Å². The molecule has 20 heavy (non-hydrogen) atoms. The van der Waals surface area contributed by atoms with Crippen molar-refractivity contribution in [1.82, 2.24) is 19.6 Å². The molecule has 1 aromatic rings. The van der Waals surface area contributed by atoms with Crippen LogP contribution in [0.25, 0.3) is 0 Å². The molecule has 0 spiro atoms. The van der Waals surface area contributed by atoms with Crippen LogP contribution in [0.1, 0.15) is 30.3 Å².